The van der Waals surface area contributed by atoms with E-state index in [1.165, 1.54) is 18.3 Å². The Kier molecular flexibility index (Phi) is 4.68. The van der Waals surface area contributed by atoms with Crippen LogP contribution < -0.4 is 29.6 Å². The Labute approximate surface area is 121 Å². The maximum Gasteiger partial charge on any atom is 1.00 e. The first kappa shape index (κ1) is 14.6. The van der Waals surface area contributed by atoms with Gasteiger partial charge in [-0.15, -0.1) is 0 Å². The van der Waals surface area contributed by atoms with E-state index in [0.29, 0.717) is 6.42 Å². The Morgan fingerprint density at radius 3 is 2.71 bits per heavy atom. The number of pyridine rings is 1. The maximum atomic E-state index is 11.3. The summed E-state index contributed by atoms with van der Waals surface area (Å²) in [5.74, 6) is -1.15. The molecule has 86 valence electrons. The van der Waals surface area contributed by atoms with Crippen molar-refractivity contribution in [2.75, 3.05) is 6.61 Å². The second-order valence-electron chi connectivity index (χ2n) is 3.40. The predicted molar refractivity (Wildman–Crippen MR) is 54.1 cm³/mol. The number of ether oxygens (including phenoxy) is 1. The summed E-state index contributed by atoms with van der Waals surface area (Å²) in [7, 11) is -4.11. The van der Waals surface area contributed by atoms with Gasteiger partial charge in [-0.1, -0.05) is 0 Å². The number of cyclic esters (lactones) is 1. The van der Waals surface area contributed by atoms with Crippen molar-refractivity contribution in [1.82, 2.24) is 4.98 Å². The van der Waals surface area contributed by atoms with Gasteiger partial charge in [0.1, 0.15) is 15.9 Å². The van der Waals surface area contributed by atoms with Crippen LogP contribution in [0.5, 0.6) is 0 Å². The van der Waals surface area contributed by atoms with E-state index in [-0.39, 0.29) is 46.8 Å². The van der Waals surface area contributed by atoms with Gasteiger partial charge in [-0.25, -0.2) is 8.42 Å². The molecule has 1 aromatic heterocycles. The predicted octanol–water partition coefficient (Wildman–Crippen LogP) is -2.14. The molecule has 0 aliphatic carbocycles. The molecule has 17 heavy (non-hydrogen) atoms. The van der Waals surface area contributed by atoms with E-state index < -0.39 is 21.9 Å². The van der Waals surface area contributed by atoms with Crippen molar-refractivity contribution in [1.29, 1.82) is 0 Å². The van der Waals surface area contributed by atoms with Gasteiger partial charge in [0.15, 0.2) is 0 Å². The van der Waals surface area contributed by atoms with Gasteiger partial charge in [-0.2, -0.15) is 0 Å². The average Bonchev–Trinajstić information content (AvgIpc) is 2.63. The Morgan fingerprint density at radius 2 is 2.18 bits per heavy atom. The number of hydrogen-bond donors (Lipinski definition) is 0. The largest absolute Gasteiger partial charge is 1.00 e. The molecule has 1 fully saturated rings. The Balaban J connectivity index is 0.00000144. The number of aromatic nitrogens is 1. The number of hydrogen-bond acceptors (Lipinski definition) is 5. The van der Waals surface area contributed by atoms with Crippen molar-refractivity contribution >= 4 is 16.0 Å². The summed E-state index contributed by atoms with van der Waals surface area (Å²) < 4.78 is 27.1. The SMILES string of the molecule is [NH-]S(=O)(=O)c1cccnc1C1CCOC1=O.[Na+]. The Bertz CT molecular complexity index is 532. The molecular weight excluding hydrogens is 255 g/mol. The van der Waals surface area contributed by atoms with Crippen LogP contribution in [0.25, 0.3) is 5.14 Å². The van der Waals surface area contributed by atoms with E-state index in [1.54, 1.807) is 0 Å². The summed E-state index contributed by atoms with van der Waals surface area (Å²) in [6.45, 7) is 0.261. The number of nitrogens with zero attached hydrogens (tertiary/aromatic N) is 1. The number of nitrogens with one attached hydrogen (secondary N) is 1. The van der Waals surface area contributed by atoms with Crippen LogP contribution >= 0.6 is 0 Å². The summed E-state index contributed by atoms with van der Waals surface area (Å²) >= 11 is 0. The van der Waals surface area contributed by atoms with Crippen molar-refractivity contribution in [3.05, 3.63) is 29.2 Å². The maximum absolute atomic E-state index is 11.3. The minimum absolute atomic E-state index is 0. The number of carbonyl (C=O) groups excluding carboxylic acids is 1. The van der Waals surface area contributed by atoms with E-state index in [4.69, 9.17) is 9.88 Å². The molecule has 0 amide bonds. The fourth-order valence-corrected chi connectivity index (χ4v) is 2.36. The molecule has 0 spiro atoms. The van der Waals surface area contributed by atoms with Crippen molar-refractivity contribution in [2.24, 2.45) is 0 Å². The van der Waals surface area contributed by atoms with Gasteiger partial charge in [0.2, 0.25) is 0 Å². The smallest absolute Gasteiger partial charge is 0.560 e. The normalized spacial score (nSPS) is 19.6. The number of sulfonamides is 1. The summed E-state index contributed by atoms with van der Waals surface area (Å²) in [4.78, 5) is 15.0. The molecule has 0 aromatic carbocycles. The fourth-order valence-electron chi connectivity index (χ4n) is 1.64. The van der Waals surface area contributed by atoms with Gasteiger partial charge in [-0.3, -0.25) is 9.78 Å². The zero-order valence-electron chi connectivity index (χ0n) is 9.21. The van der Waals surface area contributed by atoms with Crippen LogP contribution in [0.1, 0.15) is 18.0 Å². The second kappa shape index (κ2) is 5.45. The van der Waals surface area contributed by atoms with Gasteiger partial charge in [0.05, 0.1) is 17.2 Å². The molecule has 0 saturated carbocycles. The van der Waals surface area contributed by atoms with Crippen LogP contribution in [0.15, 0.2) is 23.2 Å². The third-order valence-corrected chi connectivity index (χ3v) is 3.28. The van der Waals surface area contributed by atoms with Crippen LogP contribution in [0.4, 0.5) is 0 Å². The Hall–Kier alpha value is -0.470. The Morgan fingerprint density at radius 1 is 1.47 bits per heavy atom. The first-order valence-corrected chi connectivity index (χ1v) is 6.09. The standard InChI is InChI=1S/C9H9N2O4S.Na/c10-16(13,14)7-2-1-4-11-8(7)6-3-5-15-9(6)12;/h1-2,4,6H,3,5H2,(H-,10,13,14);/q-1;+1. The van der Waals surface area contributed by atoms with Gasteiger partial charge in [0.25, 0.3) is 0 Å². The van der Waals surface area contributed by atoms with Crippen molar-refractivity contribution < 1.29 is 47.5 Å². The molecule has 0 bridgehead atoms. The number of rotatable bonds is 2. The van der Waals surface area contributed by atoms with E-state index in [0.717, 1.165) is 0 Å². The average molecular weight is 264 g/mol. The van der Waals surface area contributed by atoms with Crippen LogP contribution in [0, 0.1) is 0 Å². The molecule has 0 radical (unpaired) electrons. The van der Waals surface area contributed by atoms with Crippen LogP contribution in [-0.2, 0) is 19.6 Å². The molecular formula is C9H9N2NaO4S. The number of carbonyl (C=O) groups is 1. The summed E-state index contributed by atoms with van der Waals surface area (Å²) in [5, 5.41) is 7.02. The molecule has 1 N–H and O–H groups in total. The molecule has 2 rings (SSSR count). The molecule has 1 aliphatic rings. The molecule has 6 nitrogen and oxygen atoms in total. The quantitative estimate of drug-likeness (QED) is 0.448. The van der Waals surface area contributed by atoms with Crippen molar-refractivity contribution in [3.63, 3.8) is 0 Å². The molecule has 1 atom stereocenters. The van der Waals surface area contributed by atoms with Gasteiger partial charge >= 0.3 is 35.5 Å². The molecule has 8 heteroatoms. The van der Waals surface area contributed by atoms with Gasteiger partial charge < -0.3 is 9.88 Å². The van der Waals surface area contributed by atoms with Gasteiger partial charge in [0, 0.05) is 12.6 Å². The second-order valence-corrected chi connectivity index (χ2v) is 4.85. The third kappa shape index (κ3) is 3.05. The molecule has 1 aromatic rings. The molecule has 1 saturated heterocycles. The minimum atomic E-state index is -4.11. The van der Waals surface area contributed by atoms with E-state index in [9.17, 15) is 13.2 Å². The fraction of sp³-hybridized carbons (Fsp3) is 0.333. The number of esters is 1. The zero-order chi connectivity index (χ0) is 11.8. The molecule has 1 aliphatic heterocycles. The molecule has 2 heterocycles. The monoisotopic (exact) mass is 264 g/mol. The minimum Gasteiger partial charge on any atom is -0.560 e. The van der Waals surface area contributed by atoms with Crippen LogP contribution in [0.3, 0.4) is 0 Å². The summed E-state index contributed by atoms with van der Waals surface area (Å²) in [5.41, 5.74) is 0.111. The van der Waals surface area contributed by atoms with Crippen LogP contribution in [-0.4, -0.2) is 26.0 Å². The van der Waals surface area contributed by atoms with E-state index >= 15 is 0 Å². The van der Waals surface area contributed by atoms with Crippen molar-refractivity contribution in [2.45, 2.75) is 17.2 Å². The summed E-state index contributed by atoms with van der Waals surface area (Å²) in [6.07, 6.45) is 1.80. The van der Waals surface area contributed by atoms with E-state index in [1.807, 2.05) is 0 Å². The topological polar surface area (TPSA) is 97.1 Å². The van der Waals surface area contributed by atoms with Gasteiger partial charge in [-0.05, 0) is 12.1 Å². The third-order valence-electron chi connectivity index (χ3n) is 2.35. The van der Waals surface area contributed by atoms with Crippen LogP contribution in [0.2, 0.25) is 0 Å². The molecule has 1 unspecified atom stereocenters. The first-order valence-electron chi connectivity index (χ1n) is 4.61. The van der Waals surface area contributed by atoms with E-state index in [2.05, 4.69) is 4.98 Å². The summed E-state index contributed by atoms with van der Waals surface area (Å²) in [6, 6.07) is 2.70. The first-order chi connectivity index (χ1) is 7.50. The van der Waals surface area contributed by atoms with Crippen molar-refractivity contribution in [3.8, 4) is 0 Å². The zero-order valence-corrected chi connectivity index (χ0v) is 12.0.